The Balaban J connectivity index is 1.90. The van der Waals surface area contributed by atoms with E-state index in [9.17, 15) is 8.42 Å². The summed E-state index contributed by atoms with van der Waals surface area (Å²) in [5, 5.41) is 3.03. The average Bonchev–Trinajstić information content (AvgIpc) is 2.31. The minimum Gasteiger partial charge on any atom is -0.317 e. The van der Waals surface area contributed by atoms with E-state index in [1.807, 2.05) is 0 Å². The number of piperidine rings is 1. The molecule has 0 unspecified atom stereocenters. The number of nitrogens with one attached hydrogen (secondary N) is 2. The summed E-state index contributed by atoms with van der Waals surface area (Å²) in [6.45, 7) is 1.66. The Morgan fingerprint density at radius 2 is 1.56 bits per heavy atom. The van der Waals surface area contributed by atoms with Crippen LogP contribution in [0.3, 0.4) is 0 Å². The lowest BCUT2D eigenvalue weighted by Crippen LogP contribution is -2.45. The number of sulfonamides is 1. The predicted octanol–water partition coefficient (Wildman–Crippen LogP) is 0.990. The summed E-state index contributed by atoms with van der Waals surface area (Å²) < 4.78 is 27.1. The average molecular weight is 246 g/mol. The van der Waals surface area contributed by atoms with Crippen LogP contribution in [-0.4, -0.2) is 32.8 Å². The normalized spacial score (nSPS) is 25.8. The van der Waals surface area contributed by atoms with E-state index in [0.717, 1.165) is 38.8 Å². The van der Waals surface area contributed by atoms with Gasteiger partial charge in [-0.05, 0) is 38.8 Å². The van der Waals surface area contributed by atoms with Gasteiger partial charge in [0.1, 0.15) is 0 Å². The molecule has 1 aliphatic heterocycles. The Kier molecular flexibility index (Phi) is 4.21. The van der Waals surface area contributed by atoms with E-state index in [-0.39, 0.29) is 11.3 Å². The van der Waals surface area contributed by atoms with Gasteiger partial charge in [-0.25, -0.2) is 13.1 Å². The van der Waals surface area contributed by atoms with Crippen molar-refractivity contribution in [2.24, 2.45) is 0 Å². The molecule has 0 aromatic carbocycles. The van der Waals surface area contributed by atoms with Crippen LogP contribution in [0, 0.1) is 0 Å². The molecule has 2 rings (SSSR count). The summed E-state index contributed by atoms with van der Waals surface area (Å²) in [4.78, 5) is 0. The third kappa shape index (κ3) is 3.18. The first kappa shape index (κ1) is 12.3. The Labute approximate surface area is 98.2 Å². The molecule has 0 aromatic heterocycles. The molecular weight excluding hydrogens is 224 g/mol. The summed E-state index contributed by atoms with van der Waals surface area (Å²) in [5.74, 6) is 0. The van der Waals surface area contributed by atoms with E-state index < -0.39 is 10.0 Å². The molecule has 1 aliphatic carbocycles. The van der Waals surface area contributed by atoms with Crippen molar-refractivity contribution >= 4 is 10.0 Å². The molecule has 1 heterocycles. The minimum atomic E-state index is -3.07. The van der Waals surface area contributed by atoms with E-state index in [1.165, 1.54) is 19.3 Å². The summed E-state index contributed by atoms with van der Waals surface area (Å²) in [6, 6.07) is 0.202. The molecule has 2 fully saturated rings. The van der Waals surface area contributed by atoms with Crippen molar-refractivity contribution in [1.29, 1.82) is 0 Å². The van der Waals surface area contributed by atoms with Gasteiger partial charge in [0.15, 0.2) is 0 Å². The van der Waals surface area contributed by atoms with Gasteiger partial charge >= 0.3 is 0 Å². The molecule has 2 aliphatic rings. The van der Waals surface area contributed by atoms with Crippen LogP contribution in [0.5, 0.6) is 0 Å². The van der Waals surface area contributed by atoms with E-state index in [1.54, 1.807) is 0 Å². The van der Waals surface area contributed by atoms with Gasteiger partial charge in [0, 0.05) is 6.04 Å². The molecule has 5 heteroatoms. The number of hydrogen-bond donors (Lipinski definition) is 2. The fourth-order valence-electron chi connectivity index (χ4n) is 2.65. The van der Waals surface area contributed by atoms with Crippen LogP contribution in [0.1, 0.15) is 44.9 Å². The first-order valence-corrected chi connectivity index (χ1v) is 7.95. The fraction of sp³-hybridized carbons (Fsp3) is 1.00. The molecule has 16 heavy (non-hydrogen) atoms. The third-order valence-corrected chi connectivity index (χ3v) is 5.67. The zero-order valence-electron chi connectivity index (χ0n) is 9.74. The van der Waals surface area contributed by atoms with Crippen LogP contribution < -0.4 is 10.0 Å². The third-order valence-electron chi connectivity index (χ3n) is 3.66. The second-order valence-corrected chi connectivity index (χ2v) is 6.94. The Bertz CT molecular complexity index is 304. The molecule has 2 N–H and O–H groups in total. The lowest BCUT2D eigenvalue weighted by atomic mass is 9.96. The molecule has 0 spiro atoms. The summed E-state index contributed by atoms with van der Waals surface area (Å²) in [6.07, 6.45) is 7.13. The Morgan fingerprint density at radius 3 is 2.19 bits per heavy atom. The maximum Gasteiger partial charge on any atom is 0.214 e. The number of rotatable bonds is 3. The molecule has 0 radical (unpaired) electrons. The topological polar surface area (TPSA) is 58.2 Å². The van der Waals surface area contributed by atoms with Crippen LogP contribution in [0.25, 0.3) is 0 Å². The van der Waals surface area contributed by atoms with Gasteiger partial charge in [-0.1, -0.05) is 19.3 Å². The Hall–Kier alpha value is -0.130. The monoisotopic (exact) mass is 246 g/mol. The maximum atomic E-state index is 12.1. The van der Waals surface area contributed by atoms with Gasteiger partial charge < -0.3 is 5.32 Å². The van der Waals surface area contributed by atoms with Crippen molar-refractivity contribution in [2.75, 3.05) is 13.1 Å². The second kappa shape index (κ2) is 5.47. The quantitative estimate of drug-likeness (QED) is 0.781. The van der Waals surface area contributed by atoms with Crippen LogP contribution in [0.2, 0.25) is 0 Å². The predicted molar refractivity (Wildman–Crippen MR) is 64.8 cm³/mol. The lowest BCUT2D eigenvalue weighted by molar-refractivity contribution is 0.405. The maximum absolute atomic E-state index is 12.1. The van der Waals surface area contributed by atoms with Crippen LogP contribution in [0.15, 0.2) is 0 Å². The fourth-order valence-corrected chi connectivity index (χ4v) is 4.40. The van der Waals surface area contributed by atoms with Gasteiger partial charge in [-0.3, -0.25) is 0 Å². The molecule has 1 saturated carbocycles. The highest BCUT2D eigenvalue weighted by Crippen LogP contribution is 2.20. The van der Waals surface area contributed by atoms with Crippen molar-refractivity contribution in [3.05, 3.63) is 0 Å². The standard InChI is InChI=1S/C11H22N2O2S/c14-16(15,11-6-8-12-9-7-11)13-10-4-2-1-3-5-10/h10-13H,1-9H2. The molecule has 94 valence electrons. The van der Waals surface area contributed by atoms with Crippen LogP contribution in [-0.2, 0) is 10.0 Å². The molecular formula is C11H22N2O2S. The van der Waals surface area contributed by atoms with Crippen molar-refractivity contribution < 1.29 is 8.42 Å². The van der Waals surface area contributed by atoms with E-state index >= 15 is 0 Å². The van der Waals surface area contributed by atoms with Gasteiger partial charge in [0.2, 0.25) is 10.0 Å². The van der Waals surface area contributed by atoms with Crippen molar-refractivity contribution in [1.82, 2.24) is 10.0 Å². The summed E-state index contributed by atoms with van der Waals surface area (Å²) in [5.41, 5.74) is 0. The molecule has 0 aromatic rings. The minimum absolute atomic E-state index is 0.171. The number of hydrogen-bond acceptors (Lipinski definition) is 3. The summed E-state index contributed by atoms with van der Waals surface area (Å²) >= 11 is 0. The zero-order valence-corrected chi connectivity index (χ0v) is 10.6. The molecule has 1 saturated heterocycles. The van der Waals surface area contributed by atoms with Crippen molar-refractivity contribution in [3.8, 4) is 0 Å². The van der Waals surface area contributed by atoms with Gasteiger partial charge in [0.05, 0.1) is 5.25 Å². The molecule has 0 amide bonds. The van der Waals surface area contributed by atoms with Gasteiger partial charge in [0.25, 0.3) is 0 Å². The Morgan fingerprint density at radius 1 is 0.938 bits per heavy atom. The second-order valence-electron chi connectivity index (χ2n) is 4.95. The van der Waals surface area contributed by atoms with Gasteiger partial charge in [-0.2, -0.15) is 0 Å². The first-order valence-electron chi connectivity index (χ1n) is 6.40. The van der Waals surface area contributed by atoms with Crippen molar-refractivity contribution in [3.63, 3.8) is 0 Å². The molecule has 0 atom stereocenters. The van der Waals surface area contributed by atoms with Crippen molar-refractivity contribution in [2.45, 2.75) is 56.2 Å². The highest BCUT2D eigenvalue weighted by Gasteiger charge is 2.29. The van der Waals surface area contributed by atoms with E-state index in [2.05, 4.69) is 10.0 Å². The molecule has 0 bridgehead atoms. The van der Waals surface area contributed by atoms with Gasteiger partial charge in [-0.15, -0.1) is 0 Å². The SMILES string of the molecule is O=S(=O)(NC1CCCCC1)C1CCNCC1. The van der Waals surface area contributed by atoms with E-state index in [4.69, 9.17) is 0 Å². The van der Waals surface area contributed by atoms with Crippen LogP contribution >= 0.6 is 0 Å². The van der Waals surface area contributed by atoms with Crippen LogP contribution in [0.4, 0.5) is 0 Å². The zero-order chi connectivity index (χ0) is 11.4. The highest BCUT2D eigenvalue weighted by atomic mass is 32.2. The first-order chi connectivity index (χ1) is 7.68. The lowest BCUT2D eigenvalue weighted by Gasteiger charge is -2.28. The summed E-state index contributed by atoms with van der Waals surface area (Å²) in [7, 11) is -3.07. The smallest absolute Gasteiger partial charge is 0.214 e. The van der Waals surface area contributed by atoms with E-state index in [0.29, 0.717) is 0 Å². The molecule has 4 nitrogen and oxygen atoms in total. The largest absolute Gasteiger partial charge is 0.317 e. The highest BCUT2D eigenvalue weighted by molar-refractivity contribution is 7.90.